The van der Waals surface area contributed by atoms with E-state index in [1.54, 1.807) is 27.7 Å². The highest BCUT2D eigenvalue weighted by molar-refractivity contribution is 7.99. The molecule has 0 saturated heterocycles. The van der Waals surface area contributed by atoms with Gasteiger partial charge in [0.15, 0.2) is 5.16 Å². The van der Waals surface area contributed by atoms with Gasteiger partial charge >= 0.3 is 5.69 Å². The van der Waals surface area contributed by atoms with Gasteiger partial charge in [-0.2, -0.15) is 0 Å². The Morgan fingerprint density at radius 2 is 2.42 bits per heavy atom. The van der Waals surface area contributed by atoms with Crippen molar-refractivity contribution >= 4 is 23.1 Å². The summed E-state index contributed by atoms with van der Waals surface area (Å²) in [5, 5.41) is 9.62. The number of thioether (sulfide) groups is 1. The van der Waals surface area contributed by atoms with Crippen molar-refractivity contribution in [2.45, 2.75) is 42.3 Å². The van der Waals surface area contributed by atoms with E-state index in [2.05, 4.69) is 16.3 Å². The van der Waals surface area contributed by atoms with Crippen molar-refractivity contribution in [2.24, 2.45) is 5.73 Å². The number of nitrogens with one attached hydrogen (secondary N) is 1. The first kappa shape index (κ1) is 13.0. The predicted molar refractivity (Wildman–Crippen MR) is 77.7 cm³/mol. The molecule has 1 saturated carbocycles. The van der Waals surface area contributed by atoms with E-state index in [4.69, 9.17) is 5.73 Å². The zero-order valence-corrected chi connectivity index (χ0v) is 12.2. The molecule has 0 spiro atoms. The molecule has 3 N–H and O–H groups in total. The summed E-state index contributed by atoms with van der Waals surface area (Å²) < 4.78 is 1.77. The van der Waals surface area contributed by atoms with E-state index in [1.807, 2.05) is 18.4 Å². The molecule has 1 aliphatic carbocycles. The minimum Gasteiger partial charge on any atom is -0.327 e. The molecule has 0 amide bonds. The third-order valence-corrected chi connectivity index (χ3v) is 5.66. The van der Waals surface area contributed by atoms with E-state index in [0.29, 0.717) is 6.04 Å². The van der Waals surface area contributed by atoms with Crippen LogP contribution in [0, 0.1) is 0 Å². The predicted octanol–water partition coefficient (Wildman–Crippen LogP) is 2.15. The Bertz CT molecular complexity index is 598. The summed E-state index contributed by atoms with van der Waals surface area (Å²) >= 11 is 3.27. The molecular formula is C12H16N4OS2. The lowest BCUT2D eigenvalue weighted by molar-refractivity contribution is 0.636. The van der Waals surface area contributed by atoms with Crippen molar-refractivity contribution in [2.75, 3.05) is 0 Å². The summed E-state index contributed by atoms with van der Waals surface area (Å²) in [5.41, 5.74) is 5.97. The maximum absolute atomic E-state index is 11.8. The topological polar surface area (TPSA) is 76.7 Å². The molecular weight excluding hydrogens is 280 g/mol. The number of thiophene rings is 1. The third kappa shape index (κ3) is 2.63. The maximum atomic E-state index is 11.8. The van der Waals surface area contributed by atoms with Crippen molar-refractivity contribution in [1.29, 1.82) is 0 Å². The number of aromatic amines is 1. The van der Waals surface area contributed by atoms with Gasteiger partial charge in [0.05, 0.1) is 5.25 Å². The fourth-order valence-electron chi connectivity index (χ4n) is 2.02. The number of hydrogen-bond acceptors (Lipinski definition) is 5. The molecule has 1 aliphatic rings. The molecule has 3 rings (SSSR count). The Kier molecular flexibility index (Phi) is 3.51. The average Bonchev–Trinajstić information content (AvgIpc) is 2.92. The lowest BCUT2D eigenvalue weighted by Gasteiger charge is -2.18. The van der Waals surface area contributed by atoms with Gasteiger partial charge in [0.1, 0.15) is 0 Å². The van der Waals surface area contributed by atoms with Crippen molar-refractivity contribution in [1.82, 2.24) is 14.8 Å². The van der Waals surface area contributed by atoms with Crippen LogP contribution in [-0.4, -0.2) is 20.8 Å². The van der Waals surface area contributed by atoms with Crippen LogP contribution in [0.1, 0.15) is 35.9 Å². The Morgan fingerprint density at radius 1 is 1.63 bits per heavy atom. The second kappa shape index (κ2) is 5.15. The molecule has 2 atom stereocenters. The molecule has 19 heavy (non-hydrogen) atoms. The van der Waals surface area contributed by atoms with Gasteiger partial charge in [-0.3, -0.25) is 4.57 Å². The minimum absolute atomic E-state index is 0.00288. The van der Waals surface area contributed by atoms with Crippen molar-refractivity contribution in [3.63, 3.8) is 0 Å². The molecule has 7 heteroatoms. The Balaban J connectivity index is 1.88. The molecule has 1 fully saturated rings. The molecule has 2 aromatic rings. The number of H-pyrrole nitrogens is 1. The molecule has 2 heterocycles. The molecule has 2 aromatic heterocycles. The lowest BCUT2D eigenvalue weighted by atomic mass is 10.2. The van der Waals surface area contributed by atoms with E-state index in [9.17, 15) is 4.79 Å². The zero-order valence-electron chi connectivity index (χ0n) is 10.6. The van der Waals surface area contributed by atoms with Crippen LogP contribution in [0.5, 0.6) is 0 Å². The van der Waals surface area contributed by atoms with Gasteiger partial charge in [0.25, 0.3) is 0 Å². The summed E-state index contributed by atoms with van der Waals surface area (Å²) in [6, 6.07) is 4.43. The molecule has 0 aliphatic heterocycles. The fourth-order valence-corrected chi connectivity index (χ4v) is 4.23. The summed E-state index contributed by atoms with van der Waals surface area (Å²) in [7, 11) is 0. The first-order valence-electron chi connectivity index (χ1n) is 6.29. The summed E-state index contributed by atoms with van der Waals surface area (Å²) in [4.78, 5) is 13.0. The van der Waals surface area contributed by atoms with Crippen molar-refractivity contribution in [3.8, 4) is 0 Å². The maximum Gasteiger partial charge on any atom is 0.344 e. The molecule has 102 valence electrons. The quantitative estimate of drug-likeness (QED) is 0.829. The van der Waals surface area contributed by atoms with Gasteiger partial charge in [-0.05, 0) is 31.2 Å². The van der Waals surface area contributed by atoms with Crippen molar-refractivity contribution < 1.29 is 0 Å². The van der Waals surface area contributed by atoms with E-state index in [-0.39, 0.29) is 17.0 Å². The van der Waals surface area contributed by atoms with Crippen LogP contribution in [0.4, 0.5) is 0 Å². The number of nitrogens with zero attached hydrogens (tertiary/aromatic N) is 2. The fraction of sp³-hybridized carbons (Fsp3) is 0.500. The monoisotopic (exact) mass is 296 g/mol. The molecule has 5 nitrogen and oxygen atoms in total. The van der Waals surface area contributed by atoms with Crippen LogP contribution in [0.15, 0.2) is 27.5 Å². The number of nitrogens with two attached hydrogens (primary N) is 1. The zero-order chi connectivity index (χ0) is 13.4. The van der Waals surface area contributed by atoms with Gasteiger partial charge in [0, 0.05) is 17.0 Å². The van der Waals surface area contributed by atoms with Gasteiger partial charge in [-0.25, -0.2) is 9.89 Å². The molecule has 2 unspecified atom stereocenters. The van der Waals surface area contributed by atoms with E-state index >= 15 is 0 Å². The molecule has 0 aromatic carbocycles. The molecule has 0 bridgehead atoms. The summed E-state index contributed by atoms with van der Waals surface area (Å²) in [5.74, 6) is 0. The van der Waals surface area contributed by atoms with Crippen LogP contribution in [0.2, 0.25) is 0 Å². The Morgan fingerprint density at radius 3 is 3.00 bits per heavy atom. The van der Waals surface area contributed by atoms with E-state index in [0.717, 1.165) is 18.0 Å². The van der Waals surface area contributed by atoms with Crippen LogP contribution >= 0.6 is 23.1 Å². The highest BCUT2D eigenvalue weighted by Crippen LogP contribution is 2.41. The van der Waals surface area contributed by atoms with Gasteiger partial charge in [0.2, 0.25) is 0 Å². The second-order valence-electron chi connectivity index (χ2n) is 4.83. The van der Waals surface area contributed by atoms with Gasteiger partial charge in [-0.15, -0.1) is 16.4 Å². The highest BCUT2D eigenvalue weighted by atomic mass is 32.2. The standard InChI is InChI=1S/C12H16N4OS2/c1-7(13)10(9-3-2-6-18-9)19-12-15-14-11(17)16(12)8-4-5-8/h2-3,6-8,10H,4-5,13H2,1H3,(H,14,17). The number of aromatic nitrogens is 3. The second-order valence-corrected chi connectivity index (χ2v) is 6.91. The molecule has 0 radical (unpaired) electrons. The largest absolute Gasteiger partial charge is 0.344 e. The van der Waals surface area contributed by atoms with Gasteiger partial charge in [-0.1, -0.05) is 17.8 Å². The smallest absolute Gasteiger partial charge is 0.327 e. The SMILES string of the molecule is CC(N)C(Sc1n[nH]c(=O)n1C1CC1)c1cccs1. The first-order valence-corrected chi connectivity index (χ1v) is 8.05. The van der Waals surface area contributed by atoms with Crippen LogP contribution in [-0.2, 0) is 0 Å². The summed E-state index contributed by atoms with van der Waals surface area (Å²) in [6.07, 6.45) is 2.13. The Labute approximate surface area is 119 Å². The van der Waals surface area contributed by atoms with Gasteiger partial charge < -0.3 is 5.73 Å². The van der Waals surface area contributed by atoms with Crippen LogP contribution in [0.25, 0.3) is 0 Å². The average molecular weight is 296 g/mol. The van der Waals surface area contributed by atoms with E-state index < -0.39 is 0 Å². The number of rotatable bonds is 5. The lowest BCUT2D eigenvalue weighted by Crippen LogP contribution is -2.23. The van der Waals surface area contributed by atoms with Crippen molar-refractivity contribution in [3.05, 3.63) is 32.9 Å². The highest BCUT2D eigenvalue weighted by Gasteiger charge is 2.30. The van der Waals surface area contributed by atoms with E-state index in [1.165, 1.54) is 4.88 Å². The minimum atomic E-state index is -0.111. The first-order chi connectivity index (χ1) is 9.16. The summed E-state index contributed by atoms with van der Waals surface area (Å²) in [6.45, 7) is 1.99. The normalized spacial score (nSPS) is 18.4. The third-order valence-electron chi connectivity index (χ3n) is 3.12. The Hall–Kier alpha value is -1.05. The number of hydrogen-bond donors (Lipinski definition) is 2. The van der Waals surface area contributed by atoms with Crippen LogP contribution < -0.4 is 11.4 Å². The van der Waals surface area contributed by atoms with Crippen LogP contribution in [0.3, 0.4) is 0 Å².